The average molecular weight is 299 g/mol. The summed E-state index contributed by atoms with van der Waals surface area (Å²) in [7, 11) is 0. The maximum Gasteiger partial charge on any atom is 0.143 e. The second-order valence-electron chi connectivity index (χ2n) is 4.88. The Kier molecular flexibility index (Phi) is 3.96. The highest BCUT2D eigenvalue weighted by Crippen LogP contribution is 2.27. The molecule has 1 unspecified atom stereocenters. The van der Waals surface area contributed by atoms with Gasteiger partial charge in [-0.15, -0.1) is 16.4 Å². The number of nitrogens with zero attached hydrogens (tertiary/aromatic N) is 4. The molecule has 0 fully saturated rings. The molecule has 6 heteroatoms. The van der Waals surface area contributed by atoms with Crippen LogP contribution in [0.1, 0.15) is 29.8 Å². The van der Waals surface area contributed by atoms with E-state index in [0.29, 0.717) is 6.04 Å². The third kappa shape index (κ3) is 2.95. The summed E-state index contributed by atoms with van der Waals surface area (Å²) in [6, 6.07) is 10.9. The van der Waals surface area contributed by atoms with Crippen LogP contribution < -0.4 is 5.32 Å². The zero-order valence-electron chi connectivity index (χ0n) is 12.0. The van der Waals surface area contributed by atoms with E-state index in [2.05, 4.69) is 64.3 Å². The van der Waals surface area contributed by atoms with Crippen molar-refractivity contribution in [1.29, 1.82) is 0 Å². The van der Waals surface area contributed by atoms with Crippen LogP contribution in [-0.2, 0) is 0 Å². The summed E-state index contributed by atoms with van der Waals surface area (Å²) in [6.45, 7) is 4.26. The van der Waals surface area contributed by atoms with Crippen LogP contribution in [0.3, 0.4) is 0 Å². The summed E-state index contributed by atoms with van der Waals surface area (Å²) in [6.07, 6.45) is 2.66. The second kappa shape index (κ2) is 6.05. The Morgan fingerprint density at radius 2 is 2.24 bits per heavy atom. The number of hydrogen-bond acceptors (Lipinski definition) is 5. The van der Waals surface area contributed by atoms with Crippen molar-refractivity contribution >= 4 is 17.0 Å². The van der Waals surface area contributed by atoms with E-state index in [1.165, 1.54) is 4.88 Å². The third-order valence-electron chi connectivity index (χ3n) is 3.43. The molecule has 1 atom stereocenters. The van der Waals surface area contributed by atoms with Gasteiger partial charge in [0.25, 0.3) is 0 Å². The maximum absolute atomic E-state index is 3.93. The molecule has 0 amide bonds. The number of rotatable bonds is 5. The Hall–Kier alpha value is -2.21. The monoisotopic (exact) mass is 299 g/mol. The van der Waals surface area contributed by atoms with Crippen LogP contribution >= 0.6 is 11.3 Å². The van der Waals surface area contributed by atoms with Gasteiger partial charge in [0.05, 0.1) is 11.7 Å². The van der Waals surface area contributed by atoms with Gasteiger partial charge in [0.2, 0.25) is 0 Å². The Bertz CT molecular complexity index is 691. The van der Waals surface area contributed by atoms with Gasteiger partial charge in [0, 0.05) is 10.6 Å². The molecule has 0 bridgehead atoms. The van der Waals surface area contributed by atoms with Crippen molar-refractivity contribution in [2.75, 3.05) is 5.32 Å². The average Bonchev–Trinajstić information content (AvgIpc) is 3.18. The number of tetrazole rings is 1. The predicted octanol–water partition coefficient (Wildman–Crippen LogP) is 3.60. The quantitative estimate of drug-likeness (QED) is 0.782. The van der Waals surface area contributed by atoms with Gasteiger partial charge < -0.3 is 5.32 Å². The smallest absolute Gasteiger partial charge is 0.143 e. The lowest BCUT2D eigenvalue weighted by molar-refractivity contribution is 0.762. The van der Waals surface area contributed by atoms with E-state index in [9.17, 15) is 0 Å². The zero-order valence-corrected chi connectivity index (χ0v) is 12.8. The minimum absolute atomic E-state index is 0.350. The molecule has 1 N–H and O–H groups in total. The highest BCUT2D eigenvalue weighted by atomic mass is 32.1. The SMILES string of the molecule is CCC(Nc1ccc(-n2cnnn2)c(C)c1)c1cccs1. The summed E-state index contributed by atoms with van der Waals surface area (Å²) in [5, 5.41) is 17.0. The van der Waals surface area contributed by atoms with Crippen molar-refractivity contribution in [1.82, 2.24) is 20.2 Å². The lowest BCUT2D eigenvalue weighted by Crippen LogP contribution is -2.08. The Balaban J connectivity index is 1.82. The van der Waals surface area contributed by atoms with E-state index in [4.69, 9.17) is 0 Å². The summed E-state index contributed by atoms with van der Waals surface area (Å²) in [5.41, 5.74) is 3.24. The van der Waals surface area contributed by atoms with Gasteiger partial charge in [-0.2, -0.15) is 0 Å². The summed E-state index contributed by atoms with van der Waals surface area (Å²) < 4.78 is 1.68. The van der Waals surface area contributed by atoms with Gasteiger partial charge in [-0.25, -0.2) is 4.68 Å². The highest BCUT2D eigenvalue weighted by Gasteiger charge is 2.11. The van der Waals surface area contributed by atoms with Crippen molar-refractivity contribution in [3.63, 3.8) is 0 Å². The second-order valence-corrected chi connectivity index (χ2v) is 5.86. The fourth-order valence-corrected chi connectivity index (χ4v) is 3.20. The first kappa shape index (κ1) is 13.8. The Morgan fingerprint density at radius 3 is 2.86 bits per heavy atom. The fourth-order valence-electron chi connectivity index (χ4n) is 2.34. The molecule has 0 aliphatic carbocycles. The molecule has 2 heterocycles. The topological polar surface area (TPSA) is 55.6 Å². The van der Waals surface area contributed by atoms with Crippen LogP contribution in [0.15, 0.2) is 42.0 Å². The standard InChI is InChI=1S/C15H17N5S/c1-3-13(15-5-4-8-21-15)17-12-6-7-14(11(2)9-12)20-10-16-18-19-20/h4-10,13,17H,3H2,1-2H3. The molecule has 2 aromatic heterocycles. The van der Waals surface area contributed by atoms with Crippen LogP contribution in [-0.4, -0.2) is 20.2 Å². The number of aryl methyl sites for hydroxylation is 1. The minimum atomic E-state index is 0.350. The first-order valence-corrected chi connectivity index (χ1v) is 7.80. The fraction of sp³-hybridized carbons (Fsp3) is 0.267. The first-order valence-electron chi connectivity index (χ1n) is 6.92. The van der Waals surface area contributed by atoms with E-state index in [-0.39, 0.29) is 0 Å². The highest BCUT2D eigenvalue weighted by molar-refractivity contribution is 7.10. The van der Waals surface area contributed by atoms with Crippen molar-refractivity contribution < 1.29 is 0 Å². The molecule has 3 rings (SSSR count). The molecule has 0 saturated carbocycles. The van der Waals surface area contributed by atoms with E-state index in [0.717, 1.165) is 23.4 Å². The molecule has 21 heavy (non-hydrogen) atoms. The third-order valence-corrected chi connectivity index (χ3v) is 4.41. The van der Waals surface area contributed by atoms with Crippen molar-refractivity contribution in [3.05, 3.63) is 52.5 Å². The van der Waals surface area contributed by atoms with Crippen LogP contribution in [0, 0.1) is 6.92 Å². The first-order chi connectivity index (χ1) is 10.3. The van der Waals surface area contributed by atoms with Crippen molar-refractivity contribution in [3.8, 4) is 5.69 Å². The lowest BCUT2D eigenvalue weighted by atomic mass is 10.1. The Labute approximate surface area is 127 Å². The van der Waals surface area contributed by atoms with Crippen LogP contribution in [0.4, 0.5) is 5.69 Å². The number of anilines is 1. The number of nitrogens with one attached hydrogen (secondary N) is 1. The van der Waals surface area contributed by atoms with Gasteiger partial charge in [-0.05, 0) is 59.0 Å². The molecule has 108 valence electrons. The van der Waals surface area contributed by atoms with Gasteiger partial charge in [-0.1, -0.05) is 13.0 Å². The minimum Gasteiger partial charge on any atom is -0.377 e. The normalized spacial score (nSPS) is 12.3. The summed E-state index contributed by atoms with van der Waals surface area (Å²) in [5.74, 6) is 0. The lowest BCUT2D eigenvalue weighted by Gasteiger charge is -2.18. The van der Waals surface area contributed by atoms with Crippen molar-refractivity contribution in [2.24, 2.45) is 0 Å². The molecule has 0 spiro atoms. The molecular formula is C15H17N5S. The van der Waals surface area contributed by atoms with Crippen molar-refractivity contribution in [2.45, 2.75) is 26.3 Å². The molecule has 1 aromatic carbocycles. The molecular weight excluding hydrogens is 282 g/mol. The zero-order chi connectivity index (χ0) is 14.7. The maximum atomic E-state index is 3.93. The van der Waals surface area contributed by atoms with E-state index in [1.807, 2.05) is 6.07 Å². The Morgan fingerprint density at radius 1 is 1.33 bits per heavy atom. The largest absolute Gasteiger partial charge is 0.377 e. The number of benzene rings is 1. The predicted molar refractivity (Wildman–Crippen MR) is 84.9 cm³/mol. The summed E-state index contributed by atoms with van der Waals surface area (Å²) in [4.78, 5) is 1.36. The van der Waals surface area contributed by atoms with E-state index < -0.39 is 0 Å². The van der Waals surface area contributed by atoms with Gasteiger partial charge in [-0.3, -0.25) is 0 Å². The van der Waals surface area contributed by atoms with Crippen LogP contribution in [0.2, 0.25) is 0 Å². The van der Waals surface area contributed by atoms with Gasteiger partial charge in [0.1, 0.15) is 6.33 Å². The number of thiophene rings is 1. The van der Waals surface area contributed by atoms with Crippen LogP contribution in [0.5, 0.6) is 0 Å². The summed E-state index contributed by atoms with van der Waals surface area (Å²) >= 11 is 1.79. The molecule has 3 aromatic rings. The molecule has 0 aliphatic rings. The molecule has 0 radical (unpaired) electrons. The van der Waals surface area contributed by atoms with Crippen LogP contribution in [0.25, 0.3) is 5.69 Å². The molecule has 0 aliphatic heterocycles. The van der Waals surface area contributed by atoms with E-state index in [1.54, 1.807) is 22.3 Å². The van der Waals surface area contributed by atoms with Gasteiger partial charge >= 0.3 is 0 Å². The van der Waals surface area contributed by atoms with Gasteiger partial charge in [0.15, 0.2) is 0 Å². The molecule has 5 nitrogen and oxygen atoms in total. The van der Waals surface area contributed by atoms with E-state index >= 15 is 0 Å². The number of aromatic nitrogens is 4. The molecule has 0 saturated heterocycles. The number of hydrogen-bond donors (Lipinski definition) is 1.